The molecule has 2 aliphatic rings. The van der Waals surface area contributed by atoms with Crippen LogP contribution >= 0.6 is 0 Å². The second kappa shape index (κ2) is 6.61. The summed E-state index contributed by atoms with van der Waals surface area (Å²) in [5, 5.41) is 12.3. The molecule has 0 aromatic rings. The van der Waals surface area contributed by atoms with Crippen molar-refractivity contribution >= 4 is 0 Å². The third kappa shape index (κ3) is 3.46. The van der Waals surface area contributed by atoms with E-state index in [1.807, 2.05) is 0 Å². The number of hydrogen-bond donors (Lipinski definition) is 2. The van der Waals surface area contributed by atoms with E-state index in [9.17, 15) is 0 Å². The third-order valence-electron chi connectivity index (χ3n) is 4.55. The van der Waals surface area contributed by atoms with Crippen molar-refractivity contribution in [2.45, 2.75) is 51.4 Å². The number of nitrogens with one attached hydrogen (secondary N) is 1. The molecule has 2 heteroatoms. The van der Waals surface area contributed by atoms with Gasteiger partial charge in [-0.15, -0.1) is 0 Å². The normalized spacial score (nSPS) is 32.4. The van der Waals surface area contributed by atoms with Crippen molar-refractivity contribution in [2.24, 2.45) is 17.8 Å². The molecule has 2 nitrogen and oxygen atoms in total. The largest absolute Gasteiger partial charge is 0.396 e. The Labute approximate surface area is 99.8 Å². The maximum absolute atomic E-state index is 8.66. The highest BCUT2D eigenvalue weighted by Gasteiger charge is 2.38. The molecule has 0 spiro atoms. The molecular formula is C14H27NO. The molecule has 0 radical (unpaired) electrons. The van der Waals surface area contributed by atoms with Crippen LogP contribution in [0.2, 0.25) is 0 Å². The number of fused-ring (bicyclic) bond motifs is 2. The lowest BCUT2D eigenvalue weighted by Crippen LogP contribution is -2.27. The first-order chi connectivity index (χ1) is 7.90. The molecule has 0 saturated heterocycles. The van der Waals surface area contributed by atoms with Crippen molar-refractivity contribution in [3.8, 4) is 0 Å². The smallest absolute Gasteiger partial charge is 0.0431 e. The Bertz CT molecular complexity index is 195. The molecule has 2 bridgehead atoms. The third-order valence-corrected chi connectivity index (χ3v) is 4.55. The predicted octanol–water partition coefficient (Wildman–Crippen LogP) is 2.56. The molecule has 2 N–H and O–H groups in total. The highest BCUT2D eigenvalue weighted by molar-refractivity contribution is 4.90. The fraction of sp³-hybridized carbons (Fsp3) is 1.00. The average Bonchev–Trinajstić information content (AvgIpc) is 2.90. The van der Waals surface area contributed by atoms with E-state index in [1.54, 1.807) is 0 Å². The first-order valence-corrected chi connectivity index (χ1v) is 7.21. The molecule has 0 heterocycles. The van der Waals surface area contributed by atoms with Crippen LogP contribution in [0, 0.1) is 17.8 Å². The SMILES string of the molecule is OCCCCCCNCC1CC2CCC1C2. The Morgan fingerprint density at radius 3 is 2.56 bits per heavy atom. The van der Waals surface area contributed by atoms with Gasteiger partial charge in [0, 0.05) is 6.61 Å². The average molecular weight is 225 g/mol. The fourth-order valence-electron chi connectivity index (χ4n) is 3.63. The zero-order valence-corrected chi connectivity index (χ0v) is 10.5. The Morgan fingerprint density at radius 1 is 1.00 bits per heavy atom. The van der Waals surface area contributed by atoms with Gasteiger partial charge in [0.1, 0.15) is 0 Å². The van der Waals surface area contributed by atoms with Gasteiger partial charge in [0.05, 0.1) is 0 Å². The Kier molecular flexibility index (Phi) is 5.11. The van der Waals surface area contributed by atoms with E-state index in [1.165, 1.54) is 58.0 Å². The molecule has 3 atom stereocenters. The molecule has 0 aliphatic heterocycles. The molecule has 2 aliphatic carbocycles. The lowest BCUT2D eigenvalue weighted by atomic mass is 9.89. The number of aliphatic hydroxyl groups excluding tert-OH is 1. The highest BCUT2D eigenvalue weighted by Crippen LogP contribution is 2.47. The maximum atomic E-state index is 8.66. The summed E-state index contributed by atoms with van der Waals surface area (Å²) >= 11 is 0. The Hall–Kier alpha value is -0.0800. The van der Waals surface area contributed by atoms with Crippen molar-refractivity contribution in [1.82, 2.24) is 5.32 Å². The van der Waals surface area contributed by atoms with Gasteiger partial charge >= 0.3 is 0 Å². The van der Waals surface area contributed by atoms with Gasteiger partial charge in [-0.25, -0.2) is 0 Å². The molecule has 3 unspecified atom stereocenters. The minimum Gasteiger partial charge on any atom is -0.396 e. The van der Waals surface area contributed by atoms with E-state index in [2.05, 4.69) is 5.32 Å². The summed E-state index contributed by atoms with van der Waals surface area (Å²) < 4.78 is 0. The van der Waals surface area contributed by atoms with Crippen LogP contribution in [-0.4, -0.2) is 24.8 Å². The van der Waals surface area contributed by atoms with Crippen LogP contribution in [0.25, 0.3) is 0 Å². The summed E-state index contributed by atoms with van der Waals surface area (Å²) in [5.74, 6) is 3.14. The van der Waals surface area contributed by atoms with Gasteiger partial charge in [-0.3, -0.25) is 0 Å². The molecule has 94 valence electrons. The first-order valence-electron chi connectivity index (χ1n) is 7.21. The van der Waals surface area contributed by atoms with E-state index < -0.39 is 0 Å². The monoisotopic (exact) mass is 225 g/mol. The maximum Gasteiger partial charge on any atom is 0.0431 e. The van der Waals surface area contributed by atoms with E-state index >= 15 is 0 Å². The number of aliphatic hydroxyl groups is 1. The van der Waals surface area contributed by atoms with E-state index in [0.29, 0.717) is 6.61 Å². The topological polar surface area (TPSA) is 32.3 Å². The molecule has 0 amide bonds. The Balaban J connectivity index is 1.43. The van der Waals surface area contributed by atoms with Crippen molar-refractivity contribution in [2.75, 3.05) is 19.7 Å². The van der Waals surface area contributed by atoms with E-state index in [-0.39, 0.29) is 0 Å². The van der Waals surface area contributed by atoms with Crippen LogP contribution < -0.4 is 5.32 Å². The molecule has 0 aromatic carbocycles. The molecule has 0 aromatic heterocycles. The standard InChI is InChI=1S/C14H27NO/c16-8-4-2-1-3-7-15-11-14-10-12-5-6-13(14)9-12/h12-16H,1-11H2. The zero-order chi connectivity index (χ0) is 11.2. The van der Waals surface area contributed by atoms with Crippen molar-refractivity contribution in [1.29, 1.82) is 0 Å². The van der Waals surface area contributed by atoms with Crippen molar-refractivity contribution < 1.29 is 5.11 Å². The van der Waals surface area contributed by atoms with Crippen LogP contribution in [0.15, 0.2) is 0 Å². The Morgan fingerprint density at radius 2 is 1.88 bits per heavy atom. The molecule has 2 saturated carbocycles. The van der Waals surface area contributed by atoms with Crippen molar-refractivity contribution in [3.63, 3.8) is 0 Å². The quantitative estimate of drug-likeness (QED) is 0.622. The molecule has 2 fully saturated rings. The minimum absolute atomic E-state index is 0.360. The molecule has 16 heavy (non-hydrogen) atoms. The molecular weight excluding hydrogens is 198 g/mol. The van der Waals surface area contributed by atoms with Crippen LogP contribution in [0.4, 0.5) is 0 Å². The van der Waals surface area contributed by atoms with Gasteiger partial charge in [0.25, 0.3) is 0 Å². The van der Waals surface area contributed by atoms with E-state index in [0.717, 1.165) is 24.2 Å². The summed E-state index contributed by atoms with van der Waals surface area (Å²) in [6, 6.07) is 0. The lowest BCUT2D eigenvalue weighted by Gasteiger charge is -2.21. The van der Waals surface area contributed by atoms with Crippen molar-refractivity contribution in [3.05, 3.63) is 0 Å². The highest BCUT2D eigenvalue weighted by atomic mass is 16.2. The number of rotatable bonds is 8. The van der Waals surface area contributed by atoms with Crippen LogP contribution in [0.5, 0.6) is 0 Å². The van der Waals surface area contributed by atoms with Crippen LogP contribution in [0.1, 0.15) is 51.4 Å². The second-order valence-corrected chi connectivity index (χ2v) is 5.78. The second-order valence-electron chi connectivity index (χ2n) is 5.78. The van der Waals surface area contributed by atoms with E-state index in [4.69, 9.17) is 5.11 Å². The molecule has 2 rings (SSSR count). The summed E-state index contributed by atoms with van der Waals surface area (Å²) in [4.78, 5) is 0. The van der Waals surface area contributed by atoms with Gasteiger partial charge < -0.3 is 10.4 Å². The summed E-state index contributed by atoms with van der Waals surface area (Å²) in [6.45, 7) is 2.80. The van der Waals surface area contributed by atoms with Crippen LogP contribution in [0.3, 0.4) is 0 Å². The predicted molar refractivity (Wildman–Crippen MR) is 67.4 cm³/mol. The van der Waals surface area contributed by atoms with Gasteiger partial charge in [-0.05, 0) is 62.9 Å². The van der Waals surface area contributed by atoms with Crippen LogP contribution in [-0.2, 0) is 0 Å². The number of hydrogen-bond acceptors (Lipinski definition) is 2. The summed E-state index contributed by atoms with van der Waals surface area (Å²) in [5.41, 5.74) is 0. The summed E-state index contributed by atoms with van der Waals surface area (Å²) in [7, 11) is 0. The lowest BCUT2D eigenvalue weighted by molar-refractivity contribution is 0.282. The number of unbranched alkanes of at least 4 members (excludes halogenated alkanes) is 3. The summed E-state index contributed by atoms with van der Waals surface area (Å²) in [6.07, 6.45) is 10.8. The van der Waals surface area contributed by atoms with Gasteiger partial charge in [0.2, 0.25) is 0 Å². The minimum atomic E-state index is 0.360. The fourth-order valence-corrected chi connectivity index (χ4v) is 3.63. The first kappa shape index (κ1) is 12.4. The zero-order valence-electron chi connectivity index (χ0n) is 10.5. The van der Waals surface area contributed by atoms with Gasteiger partial charge in [-0.1, -0.05) is 19.3 Å². The van der Waals surface area contributed by atoms with Gasteiger partial charge in [-0.2, -0.15) is 0 Å². The van der Waals surface area contributed by atoms with Gasteiger partial charge in [0.15, 0.2) is 0 Å².